The van der Waals surface area contributed by atoms with Crippen molar-refractivity contribution >= 4 is 42.5 Å². The molecule has 2 aliphatic heterocycles. The van der Waals surface area contributed by atoms with Gasteiger partial charge >= 0.3 is 0 Å². The van der Waals surface area contributed by atoms with Gasteiger partial charge < -0.3 is 14.7 Å². The third-order valence-electron chi connectivity index (χ3n) is 4.85. The number of nitrogens with zero attached hydrogens (tertiary/aromatic N) is 3. The Morgan fingerprint density at radius 1 is 1.33 bits per heavy atom. The predicted molar refractivity (Wildman–Crippen MR) is 110 cm³/mol. The number of thioether (sulfide) groups is 1. The summed E-state index contributed by atoms with van der Waals surface area (Å²) in [6, 6.07) is 6.62. The van der Waals surface area contributed by atoms with Crippen molar-refractivity contribution in [2.45, 2.75) is 49.0 Å². The van der Waals surface area contributed by atoms with E-state index in [1.165, 1.54) is 18.2 Å². The maximum Gasteiger partial charge on any atom is 0.256 e. The maximum absolute atomic E-state index is 13.1. The van der Waals surface area contributed by atoms with Crippen molar-refractivity contribution in [2.75, 3.05) is 13.1 Å². The molecule has 0 aromatic carbocycles. The Balaban J connectivity index is 0.00000131. The van der Waals surface area contributed by atoms with Crippen LogP contribution in [0.5, 0.6) is 0 Å². The number of nitrogens with one attached hydrogen (secondary N) is 1. The van der Waals surface area contributed by atoms with Crippen LogP contribution in [0.15, 0.2) is 33.9 Å². The first-order chi connectivity index (χ1) is 12.2. The van der Waals surface area contributed by atoms with E-state index in [2.05, 4.69) is 15.5 Å². The van der Waals surface area contributed by atoms with Crippen LogP contribution in [0, 0.1) is 6.92 Å². The van der Waals surface area contributed by atoms with Gasteiger partial charge in [-0.05, 0) is 38.3 Å². The lowest BCUT2D eigenvalue weighted by atomic mass is 10.1. The Kier molecular flexibility index (Phi) is 7.97. The van der Waals surface area contributed by atoms with Crippen LogP contribution in [0.4, 0.5) is 0 Å². The molecule has 148 valence electrons. The molecule has 6 nitrogen and oxygen atoms in total. The Morgan fingerprint density at radius 2 is 2.15 bits per heavy atom. The standard InChI is InChI=1S/C18H22N4O2S.2ClH/c1-12-9-15(21-24-12)11-25-17-16(3-2-7-19-17)18(23)22-8-6-13-4-5-14(10-22)20-13;;/h2-3,7,9,13-14,20H,4-6,8,10-11H2,1H3;2*1H. The number of aromatic nitrogens is 2. The van der Waals surface area contributed by atoms with Crippen LogP contribution in [-0.4, -0.2) is 46.1 Å². The molecule has 2 fully saturated rings. The monoisotopic (exact) mass is 430 g/mol. The second kappa shape index (κ2) is 9.78. The molecule has 2 bridgehead atoms. The number of amides is 1. The maximum atomic E-state index is 13.1. The number of hydrogen-bond donors (Lipinski definition) is 1. The van der Waals surface area contributed by atoms with Gasteiger partial charge in [-0.15, -0.1) is 24.8 Å². The second-order valence-electron chi connectivity index (χ2n) is 6.75. The van der Waals surface area contributed by atoms with Crippen LogP contribution < -0.4 is 5.32 Å². The zero-order valence-electron chi connectivity index (χ0n) is 15.1. The summed E-state index contributed by atoms with van der Waals surface area (Å²) >= 11 is 1.53. The molecular formula is C18H24Cl2N4O2S. The number of aryl methyl sites for hydroxylation is 1. The topological polar surface area (TPSA) is 71.3 Å². The summed E-state index contributed by atoms with van der Waals surface area (Å²) in [7, 11) is 0. The zero-order valence-corrected chi connectivity index (χ0v) is 17.5. The molecule has 2 unspecified atom stereocenters. The highest BCUT2D eigenvalue weighted by molar-refractivity contribution is 7.98. The van der Waals surface area contributed by atoms with E-state index in [9.17, 15) is 4.79 Å². The highest BCUT2D eigenvalue weighted by Crippen LogP contribution is 2.27. The third kappa shape index (κ3) is 5.16. The van der Waals surface area contributed by atoms with Crippen LogP contribution in [0.1, 0.15) is 41.1 Å². The number of carbonyl (C=O) groups excluding carboxylic acids is 1. The molecule has 2 atom stereocenters. The number of pyridine rings is 1. The number of carbonyl (C=O) groups is 1. The van der Waals surface area contributed by atoms with Gasteiger partial charge in [-0.1, -0.05) is 16.9 Å². The van der Waals surface area contributed by atoms with Crippen molar-refractivity contribution in [3.8, 4) is 0 Å². The zero-order chi connectivity index (χ0) is 17.2. The van der Waals surface area contributed by atoms with Crippen LogP contribution in [0.25, 0.3) is 0 Å². The van der Waals surface area contributed by atoms with Gasteiger partial charge in [0.1, 0.15) is 10.8 Å². The van der Waals surface area contributed by atoms with E-state index in [-0.39, 0.29) is 30.7 Å². The highest BCUT2D eigenvalue weighted by Gasteiger charge is 2.32. The number of rotatable bonds is 4. The summed E-state index contributed by atoms with van der Waals surface area (Å²) in [5.41, 5.74) is 1.55. The summed E-state index contributed by atoms with van der Waals surface area (Å²) in [6.45, 7) is 3.48. The van der Waals surface area contributed by atoms with Crippen LogP contribution in [-0.2, 0) is 5.75 Å². The Hall–Kier alpha value is -1.28. The highest BCUT2D eigenvalue weighted by atomic mass is 35.5. The molecule has 2 saturated heterocycles. The molecule has 2 aromatic heterocycles. The first kappa shape index (κ1) is 22.0. The van der Waals surface area contributed by atoms with E-state index in [1.807, 2.05) is 30.0 Å². The van der Waals surface area contributed by atoms with E-state index in [0.717, 1.165) is 42.4 Å². The van der Waals surface area contributed by atoms with E-state index >= 15 is 0 Å². The molecule has 2 aromatic rings. The molecule has 4 heterocycles. The average Bonchev–Trinajstić information content (AvgIpc) is 3.17. The number of fused-ring (bicyclic) bond motifs is 2. The van der Waals surface area contributed by atoms with E-state index in [1.54, 1.807) is 6.20 Å². The fraction of sp³-hybridized carbons (Fsp3) is 0.500. The molecule has 1 N–H and O–H groups in total. The molecule has 27 heavy (non-hydrogen) atoms. The SMILES string of the molecule is Cc1cc(CSc2ncccc2C(=O)N2CCC3CCC(C2)N3)no1.Cl.Cl. The fourth-order valence-corrected chi connectivity index (χ4v) is 4.46. The molecule has 0 spiro atoms. The smallest absolute Gasteiger partial charge is 0.256 e. The van der Waals surface area contributed by atoms with Gasteiger partial charge in [-0.3, -0.25) is 4.79 Å². The van der Waals surface area contributed by atoms with Crippen LogP contribution in [0.2, 0.25) is 0 Å². The van der Waals surface area contributed by atoms with Crippen LogP contribution >= 0.6 is 36.6 Å². The fourth-order valence-electron chi connectivity index (χ4n) is 3.59. The minimum Gasteiger partial charge on any atom is -0.361 e. The number of hydrogen-bond acceptors (Lipinski definition) is 6. The lowest BCUT2D eigenvalue weighted by Crippen LogP contribution is -2.39. The number of likely N-dealkylation sites (tertiary alicyclic amines) is 1. The van der Waals surface area contributed by atoms with E-state index < -0.39 is 0 Å². The van der Waals surface area contributed by atoms with Gasteiger partial charge in [-0.2, -0.15) is 0 Å². The molecule has 9 heteroatoms. The molecule has 2 aliphatic rings. The Morgan fingerprint density at radius 3 is 2.93 bits per heavy atom. The van der Waals surface area contributed by atoms with Crippen molar-refractivity contribution < 1.29 is 9.32 Å². The molecular weight excluding hydrogens is 407 g/mol. The Bertz CT molecular complexity index is 773. The lowest BCUT2D eigenvalue weighted by Gasteiger charge is -2.25. The lowest BCUT2D eigenvalue weighted by molar-refractivity contribution is 0.0744. The van der Waals surface area contributed by atoms with Gasteiger partial charge in [0, 0.05) is 43.2 Å². The van der Waals surface area contributed by atoms with Gasteiger partial charge in [0.05, 0.1) is 11.3 Å². The van der Waals surface area contributed by atoms with Gasteiger partial charge in [0.25, 0.3) is 5.91 Å². The molecule has 0 radical (unpaired) electrons. The van der Waals surface area contributed by atoms with Crippen molar-refractivity contribution in [3.05, 3.63) is 41.4 Å². The molecule has 4 rings (SSSR count). The molecule has 0 saturated carbocycles. The normalized spacial score (nSPS) is 21.1. The first-order valence-corrected chi connectivity index (χ1v) is 9.73. The van der Waals surface area contributed by atoms with Crippen LogP contribution in [0.3, 0.4) is 0 Å². The minimum absolute atomic E-state index is 0. The summed E-state index contributed by atoms with van der Waals surface area (Å²) in [4.78, 5) is 19.5. The quantitative estimate of drug-likeness (QED) is 0.748. The molecule has 1 amide bonds. The van der Waals surface area contributed by atoms with E-state index in [0.29, 0.717) is 23.4 Å². The summed E-state index contributed by atoms with van der Waals surface area (Å²) in [6.07, 6.45) is 5.16. The minimum atomic E-state index is 0. The van der Waals surface area contributed by atoms with Crippen molar-refractivity contribution in [3.63, 3.8) is 0 Å². The number of halogens is 2. The van der Waals surface area contributed by atoms with Crippen molar-refractivity contribution in [2.24, 2.45) is 0 Å². The van der Waals surface area contributed by atoms with Crippen molar-refractivity contribution in [1.82, 2.24) is 20.4 Å². The second-order valence-corrected chi connectivity index (χ2v) is 7.72. The van der Waals surface area contributed by atoms with Crippen molar-refractivity contribution in [1.29, 1.82) is 0 Å². The Labute approximate surface area is 175 Å². The summed E-state index contributed by atoms with van der Waals surface area (Å²) < 4.78 is 5.10. The largest absolute Gasteiger partial charge is 0.361 e. The summed E-state index contributed by atoms with van der Waals surface area (Å²) in [5.74, 6) is 1.52. The predicted octanol–water partition coefficient (Wildman–Crippen LogP) is 3.48. The average molecular weight is 431 g/mol. The van der Waals surface area contributed by atoms with Gasteiger partial charge in [0.15, 0.2) is 0 Å². The third-order valence-corrected chi connectivity index (χ3v) is 5.88. The van der Waals surface area contributed by atoms with Gasteiger partial charge in [-0.25, -0.2) is 4.98 Å². The molecule has 0 aliphatic carbocycles. The summed E-state index contributed by atoms with van der Waals surface area (Å²) in [5, 5.41) is 8.39. The first-order valence-electron chi connectivity index (χ1n) is 8.74. The van der Waals surface area contributed by atoms with E-state index in [4.69, 9.17) is 4.52 Å². The van der Waals surface area contributed by atoms with Gasteiger partial charge in [0.2, 0.25) is 0 Å².